The van der Waals surface area contributed by atoms with E-state index in [4.69, 9.17) is 4.74 Å². The second-order valence-corrected chi connectivity index (χ2v) is 5.57. The molecule has 0 saturated carbocycles. The van der Waals surface area contributed by atoms with Gasteiger partial charge in [0.05, 0.1) is 6.61 Å². The predicted molar refractivity (Wildman–Crippen MR) is 74.6 cm³/mol. The molecule has 1 aromatic rings. The maximum Gasteiger partial charge on any atom is 0.123 e. The lowest BCUT2D eigenvalue weighted by Gasteiger charge is -2.11. The van der Waals surface area contributed by atoms with Gasteiger partial charge in [-0.05, 0) is 57.3 Å². The summed E-state index contributed by atoms with van der Waals surface area (Å²) >= 11 is 3.52. The van der Waals surface area contributed by atoms with Crippen molar-refractivity contribution in [3.05, 3.63) is 28.2 Å². The summed E-state index contributed by atoms with van der Waals surface area (Å²) in [6.07, 6.45) is 3.76. The summed E-state index contributed by atoms with van der Waals surface area (Å²) in [6.45, 7) is 5.29. The van der Waals surface area contributed by atoms with E-state index in [1.54, 1.807) is 0 Å². The maximum atomic E-state index is 5.83. The van der Waals surface area contributed by atoms with E-state index in [-0.39, 0.29) is 0 Å². The summed E-state index contributed by atoms with van der Waals surface area (Å²) in [4.78, 5) is 0. The number of hydrogen-bond acceptors (Lipinski definition) is 2. The Kier molecular flexibility index (Phi) is 4.86. The van der Waals surface area contributed by atoms with Crippen molar-refractivity contribution in [1.29, 1.82) is 0 Å². The molecule has 1 N–H and O–H groups in total. The van der Waals surface area contributed by atoms with Crippen LogP contribution in [0.3, 0.4) is 0 Å². The van der Waals surface area contributed by atoms with Crippen LogP contribution < -0.4 is 10.1 Å². The Hall–Kier alpha value is -0.540. The third kappa shape index (κ3) is 3.71. The highest BCUT2D eigenvalue weighted by molar-refractivity contribution is 9.10. The van der Waals surface area contributed by atoms with Gasteiger partial charge in [-0.2, -0.15) is 0 Å². The molecule has 0 aromatic heterocycles. The Balaban J connectivity index is 1.72. The van der Waals surface area contributed by atoms with Crippen LogP contribution in [0.25, 0.3) is 0 Å². The van der Waals surface area contributed by atoms with Crippen molar-refractivity contribution in [2.24, 2.45) is 5.92 Å². The summed E-state index contributed by atoms with van der Waals surface area (Å²) in [5.74, 6) is 1.87. The summed E-state index contributed by atoms with van der Waals surface area (Å²) in [6, 6.07) is 6.11. The Morgan fingerprint density at radius 3 is 3.12 bits per heavy atom. The molecule has 2 nitrogen and oxygen atoms in total. The van der Waals surface area contributed by atoms with Crippen LogP contribution in [-0.4, -0.2) is 19.7 Å². The molecule has 1 saturated heterocycles. The molecule has 1 aromatic carbocycles. The zero-order valence-electron chi connectivity index (χ0n) is 10.3. The standard InChI is InChI=1S/C14H20BrNO/c1-11-13(15)5-2-6-14(11)17-9-3-4-12-7-8-16-10-12/h2,5-6,12,16H,3-4,7-10H2,1H3/t12-/m1/s1. The lowest BCUT2D eigenvalue weighted by Crippen LogP contribution is -2.10. The van der Waals surface area contributed by atoms with Crippen LogP contribution in [0.4, 0.5) is 0 Å². The number of benzene rings is 1. The van der Waals surface area contributed by atoms with Gasteiger partial charge in [0, 0.05) is 10.0 Å². The minimum absolute atomic E-state index is 0.827. The zero-order chi connectivity index (χ0) is 12.1. The summed E-state index contributed by atoms with van der Waals surface area (Å²) < 4.78 is 6.95. The Morgan fingerprint density at radius 2 is 2.35 bits per heavy atom. The minimum atomic E-state index is 0.827. The van der Waals surface area contributed by atoms with Crippen LogP contribution in [0.2, 0.25) is 0 Å². The molecule has 1 aliphatic rings. The number of rotatable bonds is 5. The molecule has 1 heterocycles. The van der Waals surface area contributed by atoms with Gasteiger partial charge >= 0.3 is 0 Å². The first-order valence-corrected chi connectivity index (χ1v) is 7.15. The van der Waals surface area contributed by atoms with E-state index in [1.807, 2.05) is 18.2 Å². The normalized spacial score (nSPS) is 19.5. The fourth-order valence-electron chi connectivity index (χ4n) is 2.26. The second kappa shape index (κ2) is 6.41. The molecular weight excluding hydrogens is 278 g/mol. The van der Waals surface area contributed by atoms with Crippen LogP contribution in [-0.2, 0) is 0 Å². The zero-order valence-corrected chi connectivity index (χ0v) is 11.9. The highest BCUT2D eigenvalue weighted by Gasteiger charge is 2.13. The van der Waals surface area contributed by atoms with Gasteiger partial charge in [0.2, 0.25) is 0 Å². The molecule has 2 rings (SSSR count). The molecule has 0 amide bonds. The second-order valence-electron chi connectivity index (χ2n) is 4.71. The van der Waals surface area contributed by atoms with Crippen molar-refractivity contribution in [3.8, 4) is 5.75 Å². The fourth-order valence-corrected chi connectivity index (χ4v) is 2.61. The topological polar surface area (TPSA) is 21.3 Å². The molecule has 3 heteroatoms. The number of hydrogen-bond donors (Lipinski definition) is 1. The molecular formula is C14H20BrNO. The van der Waals surface area contributed by atoms with Crippen molar-refractivity contribution in [2.75, 3.05) is 19.7 Å². The number of nitrogens with one attached hydrogen (secondary N) is 1. The van der Waals surface area contributed by atoms with Gasteiger partial charge in [-0.25, -0.2) is 0 Å². The molecule has 1 fully saturated rings. The van der Waals surface area contributed by atoms with Gasteiger partial charge in [-0.1, -0.05) is 22.0 Å². The van der Waals surface area contributed by atoms with Crippen molar-refractivity contribution < 1.29 is 4.74 Å². The first-order chi connectivity index (χ1) is 8.27. The lowest BCUT2D eigenvalue weighted by atomic mass is 10.0. The third-order valence-electron chi connectivity index (χ3n) is 3.39. The fraction of sp³-hybridized carbons (Fsp3) is 0.571. The summed E-state index contributed by atoms with van der Waals surface area (Å²) in [7, 11) is 0. The maximum absolute atomic E-state index is 5.83. The molecule has 0 radical (unpaired) electrons. The van der Waals surface area contributed by atoms with E-state index in [0.717, 1.165) is 29.2 Å². The average Bonchev–Trinajstić information content (AvgIpc) is 2.83. The van der Waals surface area contributed by atoms with Crippen LogP contribution in [0.15, 0.2) is 22.7 Å². The molecule has 1 aliphatic heterocycles. The van der Waals surface area contributed by atoms with Crippen molar-refractivity contribution >= 4 is 15.9 Å². The van der Waals surface area contributed by atoms with E-state index in [1.165, 1.54) is 31.5 Å². The van der Waals surface area contributed by atoms with Crippen LogP contribution in [0.5, 0.6) is 5.75 Å². The molecule has 0 bridgehead atoms. The predicted octanol–water partition coefficient (Wildman–Crippen LogP) is 3.53. The number of halogens is 1. The lowest BCUT2D eigenvalue weighted by molar-refractivity contribution is 0.293. The highest BCUT2D eigenvalue weighted by Crippen LogP contribution is 2.25. The Bertz CT molecular complexity index is 361. The first kappa shape index (κ1) is 12.9. The van der Waals surface area contributed by atoms with E-state index >= 15 is 0 Å². The van der Waals surface area contributed by atoms with E-state index in [9.17, 15) is 0 Å². The van der Waals surface area contributed by atoms with E-state index < -0.39 is 0 Å². The Labute approximate surface area is 112 Å². The van der Waals surface area contributed by atoms with Crippen LogP contribution >= 0.6 is 15.9 Å². The molecule has 0 aliphatic carbocycles. The Morgan fingerprint density at radius 1 is 1.47 bits per heavy atom. The molecule has 0 unspecified atom stereocenters. The third-order valence-corrected chi connectivity index (χ3v) is 4.25. The largest absolute Gasteiger partial charge is 0.493 e. The monoisotopic (exact) mass is 297 g/mol. The molecule has 94 valence electrons. The number of ether oxygens (including phenoxy) is 1. The van der Waals surface area contributed by atoms with Crippen molar-refractivity contribution in [3.63, 3.8) is 0 Å². The minimum Gasteiger partial charge on any atom is -0.493 e. The van der Waals surface area contributed by atoms with Crippen molar-refractivity contribution in [1.82, 2.24) is 5.32 Å². The van der Waals surface area contributed by atoms with Crippen LogP contribution in [0.1, 0.15) is 24.8 Å². The molecule has 17 heavy (non-hydrogen) atoms. The highest BCUT2D eigenvalue weighted by atomic mass is 79.9. The average molecular weight is 298 g/mol. The van der Waals surface area contributed by atoms with Gasteiger partial charge in [-0.15, -0.1) is 0 Å². The molecule has 0 spiro atoms. The van der Waals surface area contributed by atoms with Gasteiger partial charge < -0.3 is 10.1 Å². The van der Waals surface area contributed by atoms with Crippen LogP contribution in [0, 0.1) is 12.8 Å². The van der Waals surface area contributed by atoms with Gasteiger partial charge in [0.15, 0.2) is 0 Å². The van der Waals surface area contributed by atoms with E-state index in [0.29, 0.717) is 0 Å². The van der Waals surface area contributed by atoms with Gasteiger partial charge in [0.25, 0.3) is 0 Å². The summed E-state index contributed by atoms with van der Waals surface area (Å²) in [5, 5.41) is 3.40. The van der Waals surface area contributed by atoms with E-state index in [2.05, 4.69) is 28.2 Å². The molecule has 1 atom stereocenters. The SMILES string of the molecule is Cc1c(Br)cccc1OCCC[C@@H]1CCNC1. The quantitative estimate of drug-likeness (QED) is 0.840. The van der Waals surface area contributed by atoms with Gasteiger partial charge in [-0.3, -0.25) is 0 Å². The smallest absolute Gasteiger partial charge is 0.123 e. The van der Waals surface area contributed by atoms with Crippen molar-refractivity contribution in [2.45, 2.75) is 26.2 Å². The summed E-state index contributed by atoms with van der Waals surface area (Å²) in [5.41, 5.74) is 1.19. The van der Waals surface area contributed by atoms with Gasteiger partial charge in [0.1, 0.15) is 5.75 Å². The first-order valence-electron chi connectivity index (χ1n) is 6.36.